The van der Waals surface area contributed by atoms with Crippen LogP contribution < -0.4 is 5.32 Å². The van der Waals surface area contributed by atoms with Crippen molar-refractivity contribution >= 4 is 11.9 Å². The second-order valence-electron chi connectivity index (χ2n) is 5.85. The highest BCUT2D eigenvalue weighted by molar-refractivity contribution is 5.88. The number of hydrogen-bond acceptors (Lipinski definition) is 5. The quantitative estimate of drug-likeness (QED) is 0.640. The molecule has 0 radical (unpaired) electrons. The number of carbonyl (C=O) groups excluding carboxylic acids is 2. The Morgan fingerprint density at radius 2 is 1.86 bits per heavy atom. The number of hydrogen-bond donors (Lipinski definition) is 1. The van der Waals surface area contributed by atoms with Crippen LogP contribution in [-0.4, -0.2) is 35.0 Å². The van der Waals surface area contributed by atoms with Gasteiger partial charge in [0.15, 0.2) is 0 Å². The molecule has 0 saturated heterocycles. The minimum Gasteiger partial charge on any atom is -0.444 e. The highest BCUT2D eigenvalue weighted by atomic mass is 16.6. The number of amides is 1. The van der Waals surface area contributed by atoms with E-state index in [9.17, 15) is 19.7 Å². The summed E-state index contributed by atoms with van der Waals surface area (Å²) in [6, 6.07) is 7.96. The lowest BCUT2D eigenvalue weighted by Gasteiger charge is -2.22. The largest absolute Gasteiger partial charge is 0.444 e. The monoisotopic (exact) mass is 308 g/mol. The molecule has 0 aliphatic heterocycles. The lowest BCUT2D eigenvalue weighted by atomic mass is 10.0. The van der Waals surface area contributed by atoms with Crippen molar-refractivity contribution in [2.24, 2.45) is 0 Å². The number of nitrogens with one attached hydrogen (secondary N) is 1. The summed E-state index contributed by atoms with van der Waals surface area (Å²) in [5.41, 5.74) is 0.0772. The van der Waals surface area contributed by atoms with Crippen LogP contribution in [0.15, 0.2) is 30.3 Å². The normalized spacial score (nSPS) is 12.3. The van der Waals surface area contributed by atoms with Crippen molar-refractivity contribution in [3.05, 3.63) is 46.0 Å². The summed E-state index contributed by atoms with van der Waals surface area (Å²) in [5.74, 6) is -0.667. The molecule has 7 heteroatoms. The Balaban J connectivity index is 2.80. The lowest BCUT2D eigenvalue weighted by molar-refractivity contribution is -0.467. The molecule has 1 aromatic carbocycles. The molecule has 0 saturated carbocycles. The van der Waals surface area contributed by atoms with Crippen molar-refractivity contribution < 1.29 is 19.2 Å². The van der Waals surface area contributed by atoms with Crippen LogP contribution in [0.4, 0.5) is 4.79 Å². The summed E-state index contributed by atoms with van der Waals surface area (Å²) in [6.07, 6.45) is -0.600. The van der Waals surface area contributed by atoms with Crippen LogP contribution in [0.2, 0.25) is 0 Å². The predicted molar refractivity (Wildman–Crippen MR) is 80.2 cm³/mol. The second kappa shape index (κ2) is 7.53. The molecular formula is C15H20N2O5. The molecule has 0 fully saturated rings. The van der Waals surface area contributed by atoms with Gasteiger partial charge in [0.25, 0.3) is 6.54 Å². The minimum atomic E-state index is -0.998. The summed E-state index contributed by atoms with van der Waals surface area (Å²) >= 11 is 0. The van der Waals surface area contributed by atoms with Crippen molar-refractivity contribution in [2.45, 2.75) is 38.8 Å². The first-order valence-corrected chi connectivity index (χ1v) is 6.85. The number of ether oxygens (including phenoxy) is 1. The predicted octanol–water partition coefficient (Wildman–Crippen LogP) is 1.97. The van der Waals surface area contributed by atoms with Gasteiger partial charge in [-0.3, -0.25) is 14.9 Å². The molecule has 1 aromatic rings. The fourth-order valence-corrected chi connectivity index (χ4v) is 1.78. The molecule has 7 nitrogen and oxygen atoms in total. The van der Waals surface area contributed by atoms with Crippen LogP contribution >= 0.6 is 0 Å². The fourth-order valence-electron chi connectivity index (χ4n) is 1.78. The van der Waals surface area contributed by atoms with Gasteiger partial charge in [-0.1, -0.05) is 30.3 Å². The van der Waals surface area contributed by atoms with Crippen LogP contribution in [0, 0.1) is 10.1 Å². The van der Waals surface area contributed by atoms with E-state index in [4.69, 9.17) is 4.74 Å². The molecule has 0 aliphatic rings. The molecule has 0 unspecified atom stereocenters. The van der Waals surface area contributed by atoms with E-state index in [0.717, 1.165) is 5.56 Å². The fraction of sp³-hybridized carbons (Fsp3) is 0.467. The minimum absolute atomic E-state index is 0.173. The van der Waals surface area contributed by atoms with Gasteiger partial charge in [-0.25, -0.2) is 4.79 Å². The Bertz CT molecular complexity index is 537. The molecule has 0 aromatic heterocycles. The van der Waals surface area contributed by atoms with Crippen LogP contribution in [0.3, 0.4) is 0 Å². The van der Waals surface area contributed by atoms with Gasteiger partial charge in [-0.05, 0) is 26.3 Å². The molecule has 22 heavy (non-hydrogen) atoms. The average Bonchev–Trinajstić information content (AvgIpc) is 2.36. The van der Waals surface area contributed by atoms with Gasteiger partial charge < -0.3 is 10.1 Å². The molecule has 0 spiro atoms. The van der Waals surface area contributed by atoms with Crippen LogP contribution in [0.1, 0.15) is 26.3 Å². The van der Waals surface area contributed by atoms with Gasteiger partial charge in [0.2, 0.25) is 5.78 Å². The molecule has 120 valence electrons. The van der Waals surface area contributed by atoms with Crippen molar-refractivity contribution in [2.75, 3.05) is 6.54 Å². The first-order chi connectivity index (χ1) is 10.2. The van der Waals surface area contributed by atoms with Gasteiger partial charge >= 0.3 is 6.09 Å². The maximum absolute atomic E-state index is 11.9. The number of rotatable bonds is 6. The zero-order chi connectivity index (χ0) is 16.8. The van der Waals surface area contributed by atoms with Crippen molar-refractivity contribution in [1.82, 2.24) is 5.32 Å². The standard InChI is InChI=1S/C15H20N2O5/c1-15(2,3)22-14(19)16-12(13(18)10-17(20)21)9-11-7-5-4-6-8-11/h4-8,12H,9-10H2,1-3H3,(H,16,19)/t12-/m0/s1. The average molecular weight is 308 g/mol. The number of benzene rings is 1. The van der Waals surface area contributed by atoms with E-state index in [1.807, 2.05) is 6.07 Å². The Morgan fingerprint density at radius 3 is 2.36 bits per heavy atom. The summed E-state index contributed by atoms with van der Waals surface area (Å²) in [4.78, 5) is 33.6. The van der Waals surface area contributed by atoms with Crippen LogP contribution in [0.25, 0.3) is 0 Å². The molecule has 0 heterocycles. The maximum atomic E-state index is 11.9. The van der Waals surface area contributed by atoms with Gasteiger partial charge in [0.1, 0.15) is 11.6 Å². The topological polar surface area (TPSA) is 98.5 Å². The van der Waals surface area contributed by atoms with Gasteiger partial charge in [0, 0.05) is 11.3 Å². The Hall–Kier alpha value is -2.44. The number of nitro groups is 1. The summed E-state index contributed by atoms with van der Waals surface area (Å²) < 4.78 is 5.09. The molecular weight excluding hydrogens is 288 g/mol. The number of Topliss-reactive ketones (excluding diaryl/α,β-unsaturated/α-hetero) is 1. The van der Waals surface area contributed by atoms with E-state index in [0.29, 0.717) is 0 Å². The first-order valence-electron chi connectivity index (χ1n) is 6.85. The van der Waals surface area contributed by atoms with Crippen LogP contribution in [-0.2, 0) is 16.0 Å². The summed E-state index contributed by atoms with van der Waals surface area (Å²) in [7, 11) is 0. The summed E-state index contributed by atoms with van der Waals surface area (Å²) in [6.45, 7) is 4.24. The van der Waals surface area contributed by atoms with E-state index < -0.39 is 35.0 Å². The Morgan fingerprint density at radius 1 is 1.27 bits per heavy atom. The number of nitrogens with zero attached hydrogens (tertiary/aromatic N) is 1. The third kappa shape index (κ3) is 6.83. The maximum Gasteiger partial charge on any atom is 0.408 e. The molecule has 1 N–H and O–H groups in total. The van der Waals surface area contributed by atoms with E-state index in [1.165, 1.54) is 0 Å². The number of ketones is 1. The Labute approximate surface area is 128 Å². The molecule has 1 rings (SSSR count). The lowest BCUT2D eigenvalue weighted by Crippen LogP contribution is -2.46. The summed E-state index contributed by atoms with van der Waals surface area (Å²) in [5, 5.41) is 12.9. The smallest absolute Gasteiger partial charge is 0.408 e. The van der Waals surface area contributed by atoms with Gasteiger partial charge in [0.05, 0.1) is 0 Å². The van der Waals surface area contributed by atoms with E-state index in [2.05, 4.69) is 5.32 Å². The molecule has 1 atom stereocenters. The molecule has 0 bridgehead atoms. The van der Waals surface area contributed by atoms with Gasteiger partial charge in [-0.15, -0.1) is 0 Å². The van der Waals surface area contributed by atoms with Crippen molar-refractivity contribution in [1.29, 1.82) is 0 Å². The van der Waals surface area contributed by atoms with E-state index in [-0.39, 0.29) is 6.42 Å². The second-order valence-corrected chi connectivity index (χ2v) is 5.85. The molecule has 1 amide bonds. The van der Waals surface area contributed by atoms with E-state index >= 15 is 0 Å². The van der Waals surface area contributed by atoms with Crippen molar-refractivity contribution in [3.8, 4) is 0 Å². The zero-order valence-electron chi connectivity index (χ0n) is 12.9. The Kier molecular flexibility index (Phi) is 6.03. The van der Waals surface area contributed by atoms with Gasteiger partial charge in [-0.2, -0.15) is 0 Å². The number of alkyl carbamates (subject to hydrolysis) is 1. The zero-order valence-corrected chi connectivity index (χ0v) is 12.9. The van der Waals surface area contributed by atoms with E-state index in [1.54, 1.807) is 45.0 Å². The number of carbonyl (C=O) groups is 2. The highest BCUT2D eigenvalue weighted by Gasteiger charge is 2.27. The third-order valence-electron chi connectivity index (χ3n) is 2.65. The first kappa shape index (κ1) is 17.6. The highest BCUT2D eigenvalue weighted by Crippen LogP contribution is 2.09. The molecule has 0 aliphatic carbocycles. The van der Waals surface area contributed by atoms with Crippen LogP contribution in [0.5, 0.6) is 0 Å². The van der Waals surface area contributed by atoms with Crippen molar-refractivity contribution in [3.63, 3.8) is 0 Å². The SMILES string of the molecule is CC(C)(C)OC(=O)N[C@@H](Cc1ccccc1)C(=O)C[N+](=O)[O-]. The third-order valence-corrected chi connectivity index (χ3v) is 2.65.